The minimum atomic E-state index is -3.85. The van der Waals surface area contributed by atoms with Crippen molar-refractivity contribution in [2.45, 2.75) is 24.4 Å². The third-order valence-corrected chi connectivity index (χ3v) is 5.56. The molecule has 7 nitrogen and oxygen atoms in total. The fourth-order valence-corrected chi connectivity index (χ4v) is 3.85. The lowest BCUT2D eigenvalue weighted by Gasteiger charge is -2.05. The summed E-state index contributed by atoms with van der Waals surface area (Å²) >= 11 is 6.00. The van der Waals surface area contributed by atoms with Gasteiger partial charge in [0.15, 0.2) is 0 Å². The highest BCUT2D eigenvalue weighted by atomic mass is 35.5. The van der Waals surface area contributed by atoms with Crippen LogP contribution in [0.15, 0.2) is 58.2 Å². The Hall–Kier alpha value is -2.71. The molecule has 3 aromatic rings. The number of carbonyl (C=O) groups excluding carboxylic acids is 1. The number of hydrogen-bond acceptors (Lipinski definition) is 6. The molecule has 0 atom stereocenters. The van der Waals surface area contributed by atoms with E-state index >= 15 is 0 Å². The Labute approximate surface area is 161 Å². The maximum atomic E-state index is 12.4. The highest BCUT2D eigenvalue weighted by Crippen LogP contribution is 2.21. The summed E-state index contributed by atoms with van der Waals surface area (Å²) in [5.41, 5.74) is 1.78. The average Bonchev–Trinajstić information content (AvgIpc) is 3.12. The third kappa shape index (κ3) is 4.53. The van der Waals surface area contributed by atoms with E-state index in [4.69, 9.17) is 16.0 Å². The van der Waals surface area contributed by atoms with Crippen molar-refractivity contribution in [3.05, 3.63) is 76.1 Å². The average molecular weight is 406 g/mol. The second-order valence-corrected chi connectivity index (χ2v) is 8.08. The number of halogens is 1. The lowest BCUT2D eigenvalue weighted by Crippen LogP contribution is -2.23. The van der Waals surface area contributed by atoms with Gasteiger partial charge in [0.25, 0.3) is 5.91 Å². The van der Waals surface area contributed by atoms with E-state index in [0.717, 1.165) is 5.56 Å². The summed E-state index contributed by atoms with van der Waals surface area (Å²) in [7, 11) is -3.85. The smallest absolute Gasteiger partial charge is 0.335 e. The summed E-state index contributed by atoms with van der Waals surface area (Å²) in [4.78, 5) is 12.2. The number of rotatable bonds is 6. The van der Waals surface area contributed by atoms with Crippen LogP contribution in [-0.2, 0) is 22.1 Å². The molecule has 9 heteroatoms. The first-order chi connectivity index (χ1) is 12.9. The monoisotopic (exact) mass is 405 g/mol. The largest absolute Gasteiger partial charge is 0.411 e. The molecule has 0 saturated heterocycles. The molecule has 0 fully saturated rings. The second-order valence-electron chi connectivity index (χ2n) is 5.81. The number of sulfone groups is 1. The zero-order valence-corrected chi connectivity index (χ0v) is 15.9. The predicted molar refractivity (Wildman–Crippen MR) is 99.0 cm³/mol. The Morgan fingerprint density at radius 3 is 2.56 bits per heavy atom. The topological polar surface area (TPSA) is 102 Å². The van der Waals surface area contributed by atoms with Gasteiger partial charge in [0.2, 0.25) is 15.7 Å². The van der Waals surface area contributed by atoms with Gasteiger partial charge in [-0.2, -0.15) is 0 Å². The molecule has 0 bridgehead atoms. The highest BCUT2D eigenvalue weighted by molar-refractivity contribution is 7.90. The molecule has 3 rings (SSSR count). The summed E-state index contributed by atoms with van der Waals surface area (Å²) in [5, 5.41) is 9.73. The van der Waals surface area contributed by atoms with E-state index in [0.29, 0.717) is 16.1 Å². The molecule has 2 aromatic carbocycles. The van der Waals surface area contributed by atoms with Crippen LogP contribution in [0.1, 0.15) is 27.4 Å². The van der Waals surface area contributed by atoms with E-state index in [1.54, 1.807) is 36.4 Å². The fourth-order valence-electron chi connectivity index (χ4n) is 2.40. The standard InChI is InChI=1S/C18H16ClN3O4S/c1-12-6-2-4-8-14(12)17(23)20-10-16-21-22-18(26-16)27(24,25)11-13-7-3-5-9-15(13)19/h2-9H,10-11H2,1H3,(H,20,23). The van der Waals surface area contributed by atoms with Gasteiger partial charge in [0, 0.05) is 10.6 Å². The molecule has 140 valence electrons. The van der Waals surface area contributed by atoms with Crippen molar-refractivity contribution in [1.82, 2.24) is 15.5 Å². The predicted octanol–water partition coefficient (Wildman–Crippen LogP) is 2.94. The van der Waals surface area contributed by atoms with Crippen LogP contribution in [0.5, 0.6) is 0 Å². The molecule has 0 saturated carbocycles. The second kappa shape index (κ2) is 7.89. The molecular formula is C18H16ClN3O4S. The molecule has 0 spiro atoms. The van der Waals surface area contributed by atoms with Crippen LogP contribution in [0.4, 0.5) is 0 Å². The van der Waals surface area contributed by atoms with Crippen molar-refractivity contribution >= 4 is 27.3 Å². The zero-order valence-electron chi connectivity index (χ0n) is 14.3. The van der Waals surface area contributed by atoms with Gasteiger partial charge >= 0.3 is 5.22 Å². The Balaban J connectivity index is 1.68. The van der Waals surface area contributed by atoms with E-state index in [-0.39, 0.29) is 24.1 Å². The number of nitrogens with zero attached hydrogens (tertiary/aromatic N) is 2. The van der Waals surface area contributed by atoms with E-state index in [9.17, 15) is 13.2 Å². The van der Waals surface area contributed by atoms with Gasteiger partial charge in [-0.05, 0) is 30.2 Å². The molecular weight excluding hydrogens is 390 g/mol. The quantitative estimate of drug-likeness (QED) is 0.676. The SMILES string of the molecule is Cc1ccccc1C(=O)NCc1nnc(S(=O)(=O)Cc2ccccc2Cl)o1. The summed E-state index contributed by atoms with van der Waals surface area (Å²) in [6.45, 7) is 1.74. The van der Waals surface area contributed by atoms with Crippen LogP contribution in [-0.4, -0.2) is 24.5 Å². The minimum absolute atomic E-state index is 0.00494. The Morgan fingerprint density at radius 2 is 1.81 bits per heavy atom. The van der Waals surface area contributed by atoms with E-state index in [2.05, 4.69) is 15.5 Å². The van der Waals surface area contributed by atoms with Crippen molar-refractivity contribution in [3.8, 4) is 0 Å². The van der Waals surface area contributed by atoms with Gasteiger partial charge in [-0.25, -0.2) is 8.42 Å². The molecule has 1 aromatic heterocycles. The van der Waals surface area contributed by atoms with Crippen molar-refractivity contribution in [2.75, 3.05) is 0 Å². The highest BCUT2D eigenvalue weighted by Gasteiger charge is 2.24. The van der Waals surface area contributed by atoms with Crippen LogP contribution in [0, 0.1) is 6.92 Å². The molecule has 0 aliphatic heterocycles. The number of benzene rings is 2. The maximum absolute atomic E-state index is 12.4. The van der Waals surface area contributed by atoms with E-state index < -0.39 is 15.1 Å². The van der Waals surface area contributed by atoms with Gasteiger partial charge in [-0.15, -0.1) is 5.10 Å². The van der Waals surface area contributed by atoms with Crippen molar-refractivity contribution < 1.29 is 17.6 Å². The first kappa shape index (κ1) is 19.1. The van der Waals surface area contributed by atoms with Gasteiger partial charge < -0.3 is 9.73 Å². The fraction of sp³-hybridized carbons (Fsp3) is 0.167. The number of aryl methyl sites for hydroxylation is 1. The summed E-state index contributed by atoms with van der Waals surface area (Å²) in [6.07, 6.45) is 0. The molecule has 1 heterocycles. The molecule has 1 N–H and O–H groups in total. The summed E-state index contributed by atoms with van der Waals surface area (Å²) in [6, 6.07) is 13.7. The van der Waals surface area contributed by atoms with Gasteiger partial charge in [-0.3, -0.25) is 4.79 Å². The molecule has 0 unspecified atom stereocenters. The molecule has 0 aliphatic carbocycles. The number of amides is 1. The Kier molecular flexibility index (Phi) is 5.57. The van der Waals surface area contributed by atoms with Gasteiger partial charge in [-0.1, -0.05) is 53.1 Å². The molecule has 0 aliphatic rings. The Bertz CT molecular complexity index is 1080. The van der Waals surface area contributed by atoms with Crippen LogP contribution < -0.4 is 5.32 Å². The number of nitrogens with one attached hydrogen (secondary N) is 1. The zero-order chi connectivity index (χ0) is 19.4. The lowest BCUT2D eigenvalue weighted by molar-refractivity contribution is 0.0946. The van der Waals surface area contributed by atoms with E-state index in [1.807, 2.05) is 19.1 Å². The first-order valence-electron chi connectivity index (χ1n) is 7.99. The van der Waals surface area contributed by atoms with Crippen LogP contribution in [0.3, 0.4) is 0 Å². The normalized spacial score (nSPS) is 11.3. The van der Waals surface area contributed by atoms with Crippen LogP contribution in [0.2, 0.25) is 5.02 Å². The van der Waals surface area contributed by atoms with Crippen LogP contribution in [0.25, 0.3) is 0 Å². The van der Waals surface area contributed by atoms with Crippen LogP contribution >= 0.6 is 11.6 Å². The molecule has 27 heavy (non-hydrogen) atoms. The van der Waals surface area contributed by atoms with E-state index in [1.165, 1.54) is 0 Å². The minimum Gasteiger partial charge on any atom is -0.411 e. The van der Waals surface area contributed by atoms with Crippen molar-refractivity contribution in [2.24, 2.45) is 0 Å². The third-order valence-electron chi connectivity index (χ3n) is 3.81. The van der Waals surface area contributed by atoms with Crippen molar-refractivity contribution in [3.63, 3.8) is 0 Å². The summed E-state index contributed by atoms with van der Waals surface area (Å²) < 4.78 is 30.1. The van der Waals surface area contributed by atoms with Crippen molar-refractivity contribution in [1.29, 1.82) is 0 Å². The number of aromatic nitrogens is 2. The number of hydrogen-bond donors (Lipinski definition) is 1. The van der Waals surface area contributed by atoms with Gasteiger partial charge in [0.1, 0.15) is 0 Å². The Morgan fingerprint density at radius 1 is 1.11 bits per heavy atom. The maximum Gasteiger partial charge on any atom is 0.335 e. The molecule has 1 amide bonds. The lowest BCUT2D eigenvalue weighted by atomic mass is 10.1. The van der Waals surface area contributed by atoms with Gasteiger partial charge in [0.05, 0.1) is 12.3 Å². The summed E-state index contributed by atoms with van der Waals surface area (Å²) in [5.74, 6) is -0.675. The number of carbonyl (C=O) groups is 1. The first-order valence-corrected chi connectivity index (χ1v) is 10.0. The molecule has 0 radical (unpaired) electrons.